The van der Waals surface area contributed by atoms with E-state index in [0.717, 1.165) is 4.90 Å². The Morgan fingerprint density at radius 1 is 1.05 bits per heavy atom. The number of carboxylic acids is 2. The fourth-order valence-corrected chi connectivity index (χ4v) is 1.97. The summed E-state index contributed by atoms with van der Waals surface area (Å²) in [6.07, 6.45) is -2.33. The lowest BCUT2D eigenvalue weighted by Gasteiger charge is -2.38. The average molecular weight is 289 g/mol. The summed E-state index contributed by atoms with van der Waals surface area (Å²) in [5.74, 6) is -5.40. The van der Waals surface area contributed by atoms with Crippen LogP contribution in [0, 0.1) is 11.8 Å². The number of ether oxygens (including phenoxy) is 1. The Labute approximate surface area is 115 Å². The molecule has 1 fully saturated rings. The van der Waals surface area contributed by atoms with Crippen LogP contribution in [0.3, 0.4) is 0 Å². The minimum atomic E-state index is -1.54. The number of aliphatic hydroxyl groups is 1. The number of likely N-dealkylation sites (tertiary alicyclic amines) is 1. The van der Waals surface area contributed by atoms with Crippen molar-refractivity contribution < 1.29 is 34.4 Å². The highest BCUT2D eigenvalue weighted by atomic mass is 16.6. The molecule has 1 rings (SSSR count). The molecule has 1 heterocycles. The monoisotopic (exact) mass is 289 g/mol. The molecule has 1 amide bonds. The van der Waals surface area contributed by atoms with Crippen molar-refractivity contribution in [2.45, 2.75) is 32.5 Å². The molecule has 0 aromatic carbocycles. The Hall–Kier alpha value is -1.83. The second-order valence-corrected chi connectivity index (χ2v) is 5.77. The van der Waals surface area contributed by atoms with Crippen molar-refractivity contribution in [1.82, 2.24) is 4.90 Å². The number of hydrogen-bond acceptors (Lipinski definition) is 5. The van der Waals surface area contributed by atoms with E-state index in [1.165, 1.54) is 0 Å². The van der Waals surface area contributed by atoms with Crippen LogP contribution < -0.4 is 0 Å². The number of hydrogen-bond donors (Lipinski definition) is 3. The predicted molar refractivity (Wildman–Crippen MR) is 66.1 cm³/mol. The number of aliphatic hydroxyl groups excluding tert-OH is 1. The smallest absolute Gasteiger partial charge is 0.410 e. The summed E-state index contributed by atoms with van der Waals surface area (Å²) in [6.45, 7) is 4.37. The number of aliphatic carboxylic acids is 2. The highest BCUT2D eigenvalue weighted by Gasteiger charge is 2.45. The average Bonchev–Trinajstić information content (AvgIpc) is 2.25. The first-order valence-corrected chi connectivity index (χ1v) is 6.14. The molecule has 2 unspecified atom stereocenters. The minimum Gasteiger partial charge on any atom is -0.481 e. The van der Waals surface area contributed by atoms with Crippen LogP contribution in [0.5, 0.6) is 0 Å². The third-order valence-electron chi connectivity index (χ3n) is 2.94. The summed E-state index contributed by atoms with van der Waals surface area (Å²) in [6, 6.07) is 0. The van der Waals surface area contributed by atoms with Crippen molar-refractivity contribution in [1.29, 1.82) is 0 Å². The van der Waals surface area contributed by atoms with Crippen molar-refractivity contribution >= 4 is 18.0 Å². The molecular weight excluding hydrogens is 270 g/mol. The van der Waals surface area contributed by atoms with Gasteiger partial charge < -0.3 is 25.0 Å². The van der Waals surface area contributed by atoms with E-state index in [4.69, 9.17) is 14.9 Å². The molecule has 114 valence electrons. The fourth-order valence-electron chi connectivity index (χ4n) is 1.97. The number of piperidine rings is 1. The lowest BCUT2D eigenvalue weighted by Crippen LogP contribution is -2.56. The molecular formula is C12H19NO7. The zero-order chi connectivity index (χ0) is 15.7. The zero-order valence-electron chi connectivity index (χ0n) is 11.6. The van der Waals surface area contributed by atoms with Crippen LogP contribution in [0.1, 0.15) is 20.8 Å². The van der Waals surface area contributed by atoms with Gasteiger partial charge in [0, 0.05) is 13.1 Å². The van der Waals surface area contributed by atoms with Crippen molar-refractivity contribution in [2.75, 3.05) is 13.1 Å². The molecule has 0 aromatic rings. The van der Waals surface area contributed by atoms with Crippen LogP contribution in [-0.4, -0.2) is 63.0 Å². The Kier molecular flexibility index (Phi) is 4.59. The SMILES string of the molecule is CC(C)(C)OC(=O)N1CC(C(=O)O)C(O)C(C(=O)O)C1. The molecule has 2 atom stereocenters. The second-order valence-electron chi connectivity index (χ2n) is 5.77. The molecule has 3 N–H and O–H groups in total. The topological polar surface area (TPSA) is 124 Å². The summed E-state index contributed by atoms with van der Waals surface area (Å²) in [5, 5.41) is 27.8. The van der Waals surface area contributed by atoms with E-state index in [1.54, 1.807) is 20.8 Å². The van der Waals surface area contributed by atoms with Gasteiger partial charge in [-0.25, -0.2) is 4.79 Å². The lowest BCUT2D eigenvalue weighted by molar-refractivity contribution is -0.160. The number of carbonyl (C=O) groups is 3. The molecule has 8 heteroatoms. The standard InChI is InChI=1S/C12H19NO7/c1-12(2,3)20-11(19)13-4-6(9(15)16)8(14)7(5-13)10(17)18/h6-8,14H,4-5H2,1-3H3,(H,15,16)(H,17,18). The van der Waals surface area contributed by atoms with Crippen molar-refractivity contribution in [2.24, 2.45) is 11.8 Å². The Bertz CT molecular complexity index is 391. The maximum atomic E-state index is 11.9. The molecule has 0 radical (unpaired) electrons. The van der Waals surface area contributed by atoms with Gasteiger partial charge in [0.25, 0.3) is 0 Å². The van der Waals surface area contributed by atoms with Crippen molar-refractivity contribution in [3.63, 3.8) is 0 Å². The van der Waals surface area contributed by atoms with E-state index in [0.29, 0.717) is 0 Å². The predicted octanol–water partition coefficient (Wildman–Crippen LogP) is -0.000400. The molecule has 1 aliphatic heterocycles. The van der Waals surface area contributed by atoms with Gasteiger partial charge in [-0.05, 0) is 20.8 Å². The number of rotatable bonds is 2. The molecule has 0 aliphatic carbocycles. The van der Waals surface area contributed by atoms with E-state index in [1.807, 2.05) is 0 Å². The van der Waals surface area contributed by atoms with Gasteiger partial charge in [0.2, 0.25) is 0 Å². The summed E-state index contributed by atoms with van der Waals surface area (Å²) in [7, 11) is 0. The van der Waals surface area contributed by atoms with Crippen LogP contribution in [0.15, 0.2) is 0 Å². The van der Waals surface area contributed by atoms with Gasteiger partial charge in [-0.3, -0.25) is 9.59 Å². The highest BCUT2D eigenvalue weighted by molar-refractivity contribution is 5.78. The normalized spacial score (nSPS) is 27.0. The summed E-state index contributed by atoms with van der Waals surface area (Å²) in [5.41, 5.74) is -0.773. The van der Waals surface area contributed by atoms with Gasteiger partial charge in [-0.15, -0.1) is 0 Å². The molecule has 0 spiro atoms. The molecule has 1 aliphatic rings. The number of carboxylic acid groups (broad SMARTS) is 2. The van der Waals surface area contributed by atoms with E-state index in [-0.39, 0.29) is 13.1 Å². The van der Waals surface area contributed by atoms with Gasteiger partial charge in [0.1, 0.15) is 17.4 Å². The Morgan fingerprint density at radius 2 is 1.45 bits per heavy atom. The lowest BCUT2D eigenvalue weighted by atomic mass is 9.86. The van der Waals surface area contributed by atoms with Crippen molar-refractivity contribution in [3.8, 4) is 0 Å². The van der Waals surface area contributed by atoms with Crippen LogP contribution in [0.4, 0.5) is 4.79 Å². The largest absolute Gasteiger partial charge is 0.481 e. The highest BCUT2D eigenvalue weighted by Crippen LogP contribution is 2.25. The van der Waals surface area contributed by atoms with Crippen LogP contribution in [0.2, 0.25) is 0 Å². The van der Waals surface area contributed by atoms with E-state index in [9.17, 15) is 19.5 Å². The summed E-state index contributed by atoms with van der Waals surface area (Å²) < 4.78 is 5.09. The van der Waals surface area contributed by atoms with Crippen molar-refractivity contribution in [3.05, 3.63) is 0 Å². The molecule has 8 nitrogen and oxygen atoms in total. The maximum absolute atomic E-state index is 11.9. The molecule has 0 saturated carbocycles. The number of nitrogens with zero attached hydrogens (tertiary/aromatic N) is 1. The minimum absolute atomic E-state index is 0.283. The fraction of sp³-hybridized carbons (Fsp3) is 0.750. The summed E-state index contributed by atoms with van der Waals surface area (Å²) >= 11 is 0. The number of amides is 1. The quantitative estimate of drug-likeness (QED) is 0.653. The molecule has 20 heavy (non-hydrogen) atoms. The van der Waals surface area contributed by atoms with Gasteiger partial charge in [0.05, 0.1) is 6.10 Å². The van der Waals surface area contributed by atoms with E-state index in [2.05, 4.69) is 0 Å². The van der Waals surface area contributed by atoms with Crippen LogP contribution in [-0.2, 0) is 14.3 Å². The van der Waals surface area contributed by atoms with E-state index < -0.39 is 41.6 Å². The first-order valence-electron chi connectivity index (χ1n) is 6.14. The van der Waals surface area contributed by atoms with Gasteiger partial charge >= 0.3 is 18.0 Å². The molecule has 0 aromatic heterocycles. The first-order chi connectivity index (χ1) is 9.03. The van der Waals surface area contributed by atoms with E-state index >= 15 is 0 Å². The zero-order valence-corrected chi connectivity index (χ0v) is 11.6. The van der Waals surface area contributed by atoms with Gasteiger partial charge in [-0.2, -0.15) is 0 Å². The third kappa shape index (κ3) is 3.83. The Balaban J connectivity index is 2.90. The van der Waals surface area contributed by atoms with Crippen LogP contribution >= 0.6 is 0 Å². The Morgan fingerprint density at radius 3 is 1.75 bits per heavy atom. The second kappa shape index (κ2) is 5.66. The summed E-state index contributed by atoms with van der Waals surface area (Å²) in [4.78, 5) is 35.0. The number of carbonyl (C=O) groups excluding carboxylic acids is 1. The van der Waals surface area contributed by atoms with Crippen LogP contribution in [0.25, 0.3) is 0 Å². The van der Waals surface area contributed by atoms with Gasteiger partial charge in [-0.1, -0.05) is 0 Å². The first kappa shape index (κ1) is 16.2. The maximum Gasteiger partial charge on any atom is 0.410 e. The molecule has 1 saturated heterocycles. The van der Waals surface area contributed by atoms with Gasteiger partial charge in [0.15, 0.2) is 0 Å². The molecule has 0 bridgehead atoms. The third-order valence-corrected chi connectivity index (χ3v) is 2.94.